The van der Waals surface area contributed by atoms with Crippen LogP contribution in [-0.2, 0) is 19.6 Å². The van der Waals surface area contributed by atoms with Crippen LogP contribution in [-0.4, -0.2) is 56.3 Å². The lowest BCUT2D eigenvalue weighted by molar-refractivity contribution is -0.118. The molecule has 26 heavy (non-hydrogen) atoms. The number of rotatable bonds is 9. The lowest BCUT2D eigenvalue weighted by Gasteiger charge is -2.28. The van der Waals surface area contributed by atoms with Crippen LogP contribution in [0.3, 0.4) is 0 Å². The van der Waals surface area contributed by atoms with Gasteiger partial charge in [0.2, 0.25) is 15.9 Å². The van der Waals surface area contributed by atoms with E-state index < -0.39 is 15.6 Å². The molecule has 1 aromatic carbocycles. The minimum Gasteiger partial charge on any atom is -0.394 e. The SMILES string of the molecule is CC(C)C(=O)Nc1ccc(S(=O)(=O)NCC2(OCCO)CCSC2)cc1. The molecule has 0 radical (unpaired) electrons. The van der Waals surface area contributed by atoms with E-state index in [1.165, 1.54) is 12.1 Å². The average molecular weight is 403 g/mol. The highest BCUT2D eigenvalue weighted by Gasteiger charge is 2.36. The first kappa shape index (κ1) is 21.2. The maximum absolute atomic E-state index is 12.5. The van der Waals surface area contributed by atoms with Gasteiger partial charge in [0.1, 0.15) is 0 Å². The number of hydrogen-bond acceptors (Lipinski definition) is 6. The molecule has 1 amide bonds. The average Bonchev–Trinajstić information content (AvgIpc) is 3.08. The number of carbonyl (C=O) groups excluding carboxylic acids is 1. The van der Waals surface area contributed by atoms with Crippen molar-refractivity contribution in [3.05, 3.63) is 24.3 Å². The first-order valence-electron chi connectivity index (χ1n) is 8.51. The molecule has 1 aromatic rings. The topological polar surface area (TPSA) is 105 Å². The Kier molecular flexibility index (Phi) is 7.48. The largest absolute Gasteiger partial charge is 0.394 e. The molecule has 0 saturated carbocycles. The Balaban J connectivity index is 2.01. The number of amides is 1. The summed E-state index contributed by atoms with van der Waals surface area (Å²) in [4.78, 5) is 11.8. The second-order valence-electron chi connectivity index (χ2n) is 6.55. The standard InChI is InChI=1S/C17H26N2O5S2/c1-13(2)16(21)19-14-3-5-15(6-4-14)26(22,23)18-11-17(24-9-8-20)7-10-25-12-17/h3-6,13,18,20H,7-12H2,1-2H3,(H,19,21). The number of benzene rings is 1. The van der Waals surface area contributed by atoms with E-state index in [0.29, 0.717) is 11.4 Å². The van der Waals surface area contributed by atoms with E-state index in [2.05, 4.69) is 10.0 Å². The fraction of sp³-hybridized carbons (Fsp3) is 0.588. The van der Waals surface area contributed by atoms with Crippen molar-refractivity contribution in [2.24, 2.45) is 5.92 Å². The number of thioether (sulfide) groups is 1. The van der Waals surface area contributed by atoms with Crippen LogP contribution in [0, 0.1) is 5.92 Å². The fourth-order valence-electron chi connectivity index (χ4n) is 2.47. The van der Waals surface area contributed by atoms with Crippen LogP contribution < -0.4 is 10.0 Å². The predicted octanol–water partition coefficient (Wildman–Crippen LogP) is 1.44. The third-order valence-corrected chi connectivity index (χ3v) is 6.75. The molecule has 1 aliphatic rings. The fourth-order valence-corrected chi connectivity index (χ4v) is 4.95. The highest BCUT2D eigenvalue weighted by molar-refractivity contribution is 7.99. The maximum Gasteiger partial charge on any atom is 0.240 e. The zero-order valence-electron chi connectivity index (χ0n) is 15.0. The van der Waals surface area contributed by atoms with Gasteiger partial charge in [0.25, 0.3) is 0 Å². The van der Waals surface area contributed by atoms with Crippen molar-refractivity contribution in [3.63, 3.8) is 0 Å². The van der Waals surface area contributed by atoms with Crippen LogP contribution >= 0.6 is 11.8 Å². The molecule has 1 fully saturated rings. The first-order chi connectivity index (χ1) is 12.3. The van der Waals surface area contributed by atoms with Gasteiger partial charge in [-0.25, -0.2) is 13.1 Å². The Hall–Kier alpha value is -1.13. The van der Waals surface area contributed by atoms with Crippen molar-refractivity contribution < 1.29 is 23.1 Å². The van der Waals surface area contributed by atoms with Crippen LogP contribution in [0.25, 0.3) is 0 Å². The Bertz CT molecular complexity index is 698. The molecule has 0 spiro atoms. The number of aliphatic hydroxyl groups excluding tert-OH is 1. The van der Waals surface area contributed by atoms with Gasteiger partial charge < -0.3 is 15.2 Å². The van der Waals surface area contributed by atoms with E-state index in [4.69, 9.17) is 9.84 Å². The maximum atomic E-state index is 12.5. The normalized spacial score (nSPS) is 20.5. The quantitative estimate of drug-likeness (QED) is 0.577. The van der Waals surface area contributed by atoms with Crippen LogP contribution in [0.1, 0.15) is 20.3 Å². The Morgan fingerprint density at radius 1 is 1.35 bits per heavy atom. The summed E-state index contributed by atoms with van der Waals surface area (Å²) in [7, 11) is -3.69. The molecule has 1 unspecified atom stereocenters. The van der Waals surface area contributed by atoms with Crippen molar-refractivity contribution in [2.45, 2.75) is 30.8 Å². The Labute approximate surface area is 158 Å². The lowest BCUT2D eigenvalue weighted by Crippen LogP contribution is -2.45. The third kappa shape index (κ3) is 5.68. The summed E-state index contributed by atoms with van der Waals surface area (Å²) in [5.41, 5.74) is -0.0244. The molecule has 0 aromatic heterocycles. The second kappa shape index (κ2) is 9.18. The molecule has 146 valence electrons. The summed E-state index contributed by atoms with van der Waals surface area (Å²) in [6.45, 7) is 3.83. The molecule has 1 saturated heterocycles. The van der Waals surface area contributed by atoms with E-state index in [0.717, 1.165) is 12.2 Å². The van der Waals surface area contributed by atoms with Crippen molar-refractivity contribution >= 4 is 33.4 Å². The molecular weight excluding hydrogens is 376 g/mol. The molecule has 1 atom stereocenters. The Morgan fingerprint density at radius 2 is 2.04 bits per heavy atom. The molecule has 7 nitrogen and oxygen atoms in total. The van der Waals surface area contributed by atoms with Gasteiger partial charge in [0, 0.05) is 23.9 Å². The van der Waals surface area contributed by atoms with E-state index in [1.807, 2.05) is 0 Å². The number of ether oxygens (including phenoxy) is 1. The number of hydrogen-bond donors (Lipinski definition) is 3. The number of anilines is 1. The highest BCUT2D eigenvalue weighted by Crippen LogP contribution is 2.31. The summed E-state index contributed by atoms with van der Waals surface area (Å²) in [6, 6.07) is 6.06. The predicted molar refractivity (Wildman–Crippen MR) is 103 cm³/mol. The number of carbonyl (C=O) groups is 1. The minimum atomic E-state index is -3.69. The first-order valence-corrected chi connectivity index (χ1v) is 11.1. The van der Waals surface area contributed by atoms with Gasteiger partial charge in [-0.2, -0.15) is 11.8 Å². The van der Waals surface area contributed by atoms with Crippen LogP contribution in [0.4, 0.5) is 5.69 Å². The van der Waals surface area contributed by atoms with Gasteiger partial charge in [-0.1, -0.05) is 13.8 Å². The van der Waals surface area contributed by atoms with Crippen LogP contribution in [0.15, 0.2) is 29.2 Å². The zero-order valence-corrected chi connectivity index (χ0v) is 16.7. The van der Waals surface area contributed by atoms with E-state index in [9.17, 15) is 13.2 Å². The van der Waals surface area contributed by atoms with E-state index >= 15 is 0 Å². The van der Waals surface area contributed by atoms with Crippen LogP contribution in [0.2, 0.25) is 0 Å². The lowest BCUT2D eigenvalue weighted by atomic mass is 10.0. The smallest absolute Gasteiger partial charge is 0.240 e. The number of aliphatic hydroxyl groups is 1. The van der Waals surface area contributed by atoms with Crippen molar-refractivity contribution in [1.29, 1.82) is 0 Å². The van der Waals surface area contributed by atoms with Gasteiger partial charge >= 0.3 is 0 Å². The second-order valence-corrected chi connectivity index (χ2v) is 9.42. The molecule has 1 heterocycles. The van der Waals surface area contributed by atoms with E-state index in [1.54, 1.807) is 37.7 Å². The number of nitrogens with one attached hydrogen (secondary N) is 2. The summed E-state index contributed by atoms with van der Waals surface area (Å²) in [5.74, 6) is 1.31. The summed E-state index contributed by atoms with van der Waals surface area (Å²) in [5, 5.41) is 11.7. The molecule has 2 rings (SSSR count). The van der Waals surface area contributed by atoms with Gasteiger partial charge in [0.05, 0.1) is 23.7 Å². The van der Waals surface area contributed by atoms with Gasteiger partial charge in [-0.15, -0.1) is 0 Å². The highest BCUT2D eigenvalue weighted by atomic mass is 32.2. The minimum absolute atomic E-state index is 0.0945. The number of sulfonamides is 1. The van der Waals surface area contributed by atoms with E-state index in [-0.39, 0.29) is 36.5 Å². The van der Waals surface area contributed by atoms with Crippen molar-refractivity contribution in [2.75, 3.05) is 36.6 Å². The van der Waals surface area contributed by atoms with Gasteiger partial charge in [0.15, 0.2) is 0 Å². The Morgan fingerprint density at radius 3 is 2.58 bits per heavy atom. The van der Waals surface area contributed by atoms with Gasteiger partial charge in [-0.3, -0.25) is 4.79 Å². The summed E-state index contributed by atoms with van der Waals surface area (Å²) >= 11 is 1.71. The molecule has 1 aliphatic heterocycles. The third-order valence-electron chi connectivity index (χ3n) is 4.11. The van der Waals surface area contributed by atoms with Gasteiger partial charge in [-0.05, 0) is 36.4 Å². The molecule has 9 heteroatoms. The van der Waals surface area contributed by atoms with Crippen molar-refractivity contribution in [1.82, 2.24) is 4.72 Å². The van der Waals surface area contributed by atoms with Crippen LogP contribution in [0.5, 0.6) is 0 Å². The summed E-state index contributed by atoms with van der Waals surface area (Å²) in [6.07, 6.45) is 0.736. The molecular formula is C17H26N2O5S2. The zero-order chi connectivity index (χ0) is 19.2. The van der Waals surface area contributed by atoms with Crippen molar-refractivity contribution in [3.8, 4) is 0 Å². The summed E-state index contributed by atoms with van der Waals surface area (Å²) < 4.78 is 33.4. The monoisotopic (exact) mass is 402 g/mol. The molecule has 3 N–H and O–H groups in total. The molecule has 0 aliphatic carbocycles. The molecule has 0 bridgehead atoms.